The van der Waals surface area contributed by atoms with Crippen LogP contribution in [0.5, 0.6) is 0 Å². The number of carbonyl (C=O) groups excluding carboxylic acids is 3. The average molecular weight is 534 g/mol. The molecule has 1 saturated carbocycles. The van der Waals surface area contributed by atoms with Crippen LogP contribution < -0.4 is 10.6 Å². The molecule has 1 aliphatic rings. The molecule has 192 valence electrons. The van der Waals surface area contributed by atoms with Crippen LogP contribution in [0.3, 0.4) is 0 Å². The van der Waals surface area contributed by atoms with Crippen LogP contribution in [-0.4, -0.2) is 43.3 Å². The van der Waals surface area contributed by atoms with Crippen molar-refractivity contribution in [2.45, 2.75) is 45.6 Å². The first-order chi connectivity index (χ1) is 17.2. The van der Waals surface area contributed by atoms with E-state index in [1.807, 2.05) is 0 Å². The SMILES string of the molecule is CCOC(=O)[C@H](Cc1ccc(NC(=O)c2c(Cl)cccc2Cl)cc1)NC(=O)C1(C)CCCC1=NOC. The van der Waals surface area contributed by atoms with Crippen LogP contribution in [0, 0.1) is 5.41 Å². The van der Waals surface area contributed by atoms with E-state index in [1.54, 1.807) is 56.3 Å². The number of esters is 1. The first kappa shape index (κ1) is 27.5. The number of nitrogens with zero attached hydrogens (tertiary/aromatic N) is 1. The molecule has 0 heterocycles. The van der Waals surface area contributed by atoms with Crippen LogP contribution in [0.25, 0.3) is 0 Å². The monoisotopic (exact) mass is 533 g/mol. The van der Waals surface area contributed by atoms with Gasteiger partial charge in [-0.15, -0.1) is 0 Å². The van der Waals surface area contributed by atoms with E-state index in [0.29, 0.717) is 24.2 Å². The molecule has 0 bridgehead atoms. The number of oxime groups is 1. The normalized spacial score (nSPS) is 19.0. The lowest BCUT2D eigenvalue weighted by Crippen LogP contribution is -2.50. The Bertz CT molecular complexity index is 1130. The lowest BCUT2D eigenvalue weighted by atomic mass is 9.85. The highest BCUT2D eigenvalue weighted by atomic mass is 35.5. The highest BCUT2D eigenvalue weighted by Gasteiger charge is 2.44. The van der Waals surface area contributed by atoms with Gasteiger partial charge < -0.3 is 20.2 Å². The van der Waals surface area contributed by atoms with Crippen molar-refractivity contribution in [3.63, 3.8) is 0 Å². The van der Waals surface area contributed by atoms with Crippen LogP contribution in [-0.2, 0) is 25.6 Å². The standard InChI is InChI=1S/C26H29Cl2N3O5/c1-4-36-24(33)20(30-25(34)26(2)14-6-9-21(26)31-35-3)15-16-10-12-17(13-11-16)29-23(32)22-18(27)7-5-8-19(22)28/h5,7-8,10-13,20H,4,6,9,14-15H2,1-3H3,(H,29,32)(H,30,34)/t20-,26?/m0/s1. The molecule has 8 nitrogen and oxygen atoms in total. The van der Waals surface area contributed by atoms with Gasteiger partial charge >= 0.3 is 5.97 Å². The van der Waals surface area contributed by atoms with Crippen molar-refractivity contribution >= 4 is 52.4 Å². The zero-order chi connectivity index (χ0) is 26.3. The molecule has 3 rings (SSSR count). The van der Waals surface area contributed by atoms with Gasteiger partial charge in [-0.3, -0.25) is 9.59 Å². The zero-order valence-electron chi connectivity index (χ0n) is 20.4. The minimum atomic E-state index is -0.888. The van der Waals surface area contributed by atoms with Gasteiger partial charge in [0.2, 0.25) is 5.91 Å². The smallest absolute Gasteiger partial charge is 0.328 e. The molecular weight excluding hydrogens is 505 g/mol. The summed E-state index contributed by atoms with van der Waals surface area (Å²) in [4.78, 5) is 43.4. The number of halogens is 2. The number of benzene rings is 2. The van der Waals surface area contributed by atoms with Crippen molar-refractivity contribution in [2.75, 3.05) is 19.0 Å². The van der Waals surface area contributed by atoms with E-state index >= 15 is 0 Å². The van der Waals surface area contributed by atoms with Gasteiger partial charge in [-0.05, 0) is 62.9 Å². The highest BCUT2D eigenvalue weighted by molar-refractivity contribution is 6.40. The second-order valence-electron chi connectivity index (χ2n) is 8.64. The topological polar surface area (TPSA) is 106 Å². The van der Waals surface area contributed by atoms with Crippen molar-refractivity contribution in [1.82, 2.24) is 5.32 Å². The first-order valence-electron chi connectivity index (χ1n) is 11.6. The van der Waals surface area contributed by atoms with E-state index in [9.17, 15) is 14.4 Å². The third kappa shape index (κ3) is 6.36. The second-order valence-corrected chi connectivity index (χ2v) is 9.45. The van der Waals surface area contributed by atoms with Crippen LogP contribution >= 0.6 is 23.2 Å². The average Bonchev–Trinajstić information content (AvgIpc) is 3.21. The Labute approximate surface area is 220 Å². The lowest BCUT2D eigenvalue weighted by molar-refractivity contribution is -0.148. The van der Waals surface area contributed by atoms with Crippen LogP contribution in [0.15, 0.2) is 47.6 Å². The number of rotatable bonds is 9. The summed E-state index contributed by atoms with van der Waals surface area (Å²) in [5.74, 6) is -1.26. The number of nitrogens with one attached hydrogen (secondary N) is 2. The minimum absolute atomic E-state index is 0.187. The van der Waals surface area contributed by atoms with E-state index in [0.717, 1.165) is 12.0 Å². The van der Waals surface area contributed by atoms with Crippen molar-refractivity contribution in [1.29, 1.82) is 0 Å². The molecule has 0 aliphatic heterocycles. The highest BCUT2D eigenvalue weighted by Crippen LogP contribution is 2.36. The van der Waals surface area contributed by atoms with E-state index < -0.39 is 23.3 Å². The molecule has 2 N–H and O–H groups in total. The fourth-order valence-corrected chi connectivity index (χ4v) is 4.72. The van der Waals surface area contributed by atoms with Crippen molar-refractivity contribution in [2.24, 2.45) is 10.6 Å². The molecule has 0 aromatic heterocycles. The molecule has 0 spiro atoms. The van der Waals surface area contributed by atoms with E-state index in [2.05, 4.69) is 15.8 Å². The zero-order valence-corrected chi connectivity index (χ0v) is 21.9. The third-order valence-corrected chi connectivity index (χ3v) is 6.78. The van der Waals surface area contributed by atoms with Gasteiger partial charge in [-0.25, -0.2) is 4.79 Å². The van der Waals surface area contributed by atoms with Gasteiger partial charge in [-0.1, -0.05) is 46.6 Å². The molecule has 0 saturated heterocycles. The maximum atomic E-state index is 13.2. The first-order valence-corrected chi connectivity index (χ1v) is 12.4. The summed E-state index contributed by atoms with van der Waals surface area (Å²) in [6.45, 7) is 3.70. The number of hydrogen-bond acceptors (Lipinski definition) is 6. The van der Waals surface area contributed by atoms with Crippen LogP contribution in [0.2, 0.25) is 10.0 Å². The van der Waals surface area contributed by atoms with Gasteiger partial charge in [0.05, 0.1) is 33.3 Å². The molecule has 2 aromatic rings. The molecule has 1 aliphatic carbocycles. The number of hydrogen-bond donors (Lipinski definition) is 2. The summed E-state index contributed by atoms with van der Waals surface area (Å²) in [5.41, 5.74) is 1.28. The van der Waals surface area contributed by atoms with Crippen LogP contribution in [0.1, 0.15) is 49.0 Å². The summed E-state index contributed by atoms with van der Waals surface area (Å²) in [5, 5.41) is 10.1. The summed E-state index contributed by atoms with van der Waals surface area (Å²) in [6.07, 6.45) is 2.29. The fraction of sp³-hybridized carbons (Fsp3) is 0.385. The molecule has 2 aromatic carbocycles. The Morgan fingerprint density at radius 2 is 1.78 bits per heavy atom. The number of ether oxygens (including phenoxy) is 1. The summed E-state index contributed by atoms with van der Waals surface area (Å²) in [7, 11) is 1.44. The van der Waals surface area contributed by atoms with E-state index in [1.165, 1.54) is 7.11 Å². The Kier molecular flexibility index (Phi) is 9.34. The van der Waals surface area contributed by atoms with Gasteiger partial charge in [0.1, 0.15) is 13.2 Å². The molecule has 2 atom stereocenters. The van der Waals surface area contributed by atoms with Gasteiger partial charge in [0, 0.05) is 12.1 Å². The van der Waals surface area contributed by atoms with E-state index in [-0.39, 0.29) is 34.5 Å². The maximum Gasteiger partial charge on any atom is 0.328 e. The van der Waals surface area contributed by atoms with Gasteiger partial charge in [0.25, 0.3) is 5.91 Å². The third-order valence-electron chi connectivity index (χ3n) is 6.15. The van der Waals surface area contributed by atoms with Crippen molar-refractivity contribution < 1.29 is 24.0 Å². The summed E-state index contributed by atoms with van der Waals surface area (Å²) >= 11 is 12.2. The molecule has 2 amide bonds. The van der Waals surface area contributed by atoms with Crippen LogP contribution in [0.4, 0.5) is 5.69 Å². The molecule has 1 unspecified atom stereocenters. The number of amides is 2. The fourth-order valence-electron chi connectivity index (χ4n) is 4.15. The quantitative estimate of drug-likeness (QED) is 0.347. The van der Waals surface area contributed by atoms with Crippen molar-refractivity contribution in [3.05, 3.63) is 63.6 Å². The molecule has 0 radical (unpaired) electrons. The predicted molar refractivity (Wildman–Crippen MR) is 140 cm³/mol. The number of anilines is 1. The Balaban J connectivity index is 1.72. The Morgan fingerprint density at radius 1 is 1.11 bits per heavy atom. The lowest BCUT2D eigenvalue weighted by Gasteiger charge is -2.26. The molecule has 36 heavy (non-hydrogen) atoms. The summed E-state index contributed by atoms with van der Waals surface area (Å²) in [6, 6.07) is 10.9. The van der Waals surface area contributed by atoms with Gasteiger partial charge in [0.15, 0.2) is 0 Å². The molecular formula is C26H29Cl2N3O5. The maximum absolute atomic E-state index is 13.2. The number of carbonyl (C=O) groups is 3. The predicted octanol–water partition coefficient (Wildman–Crippen LogP) is 5.03. The molecule has 10 heteroatoms. The molecule has 1 fully saturated rings. The van der Waals surface area contributed by atoms with Crippen molar-refractivity contribution in [3.8, 4) is 0 Å². The second kappa shape index (κ2) is 12.2. The summed E-state index contributed by atoms with van der Waals surface area (Å²) < 4.78 is 5.20. The minimum Gasteiger partial charge on any atom is -0.464 e. The Hall–Kier alpha value is -3.10. The van der Waals surface area contributed by atoms with E-state index in [4.69, 9.17) is 32.8 Å². The van der Waals surface area contributed by atoms with Gasteiger partial charge in [-0.2, -0.15) is 0 Å². The Morgan fingerprint density at radius 3 is 2.39 bits per heavy atom. The largest absolute Gasteiger partial charge is 0.464 e.